The first-order valence-electron chi connectivity index (χ1n) is 8.66. The van der Waals surface area contributed by atoms with Crippen LogP contribution in [0.15, 0.2) is 41.3 Å². The summed E-state index contributed by atoms with van der Waals surface area (Å²) in [6, 6.07) is 11.3. The summed E-state index contributed by atoms with van der Waals surface area (Å²) in [6.07, 6.45) is 0.819. The van der Waals surface area contributed by atoms with Gasteiger partial charge < -0.3 is 9.47 Å². The Balaban J connectivity index is 1.84. The first-order valence-corrected chi connectivity index (χ1v) is 10.1. The SMILES string of the molecule is COc1ccc(C2CCN(S(=O)(=O)c3ccc(OC)c(C)c3C)C2)cc1. The van der Waals surface area contributed by atoms with Gasteiger partial charge in [-0.3, -0.25) is 0 Å². The van der Waals surface area contributed by atoms with E-state index in [0.717, 1.165) is 28.9 Å². The molecule has 2 aromatic carbocycles. The van der Waals surface area contributed by atoms with Gasteiger partial charge in [0.2, 0.25) is 10.0 Å². The van der Waals surface area contributed by atoms with Crippen molar-refractivity contribution in [3.63, 3.8) is 0 Å². The van der Waals surface area contributed by atoms with E-state index in [1.54, 1.807) is 30.7 Å². The Labute approximate surface area is 155 Å². The minimum atomic E-state index is -3.52. The second kappa shape index (κ2) is 7.29. The molecule has 1 saturated heterocycles. The molecule has 3 rings (SSSR count). The van der Waals surface area contributed by atoms with Gasteiger partial charge in [0.25, 0.3) is 0 Å². The third kappa shape index (κ3) is 3.31. The molecule has 1 aliphatic heterocycles. The van der Waals surface area contributed by atoms with Crippen molar-refractivity contribution in [1.29, 1.82) is 0 Å². The maximum Gasteiger partial charge on any atom is 0.243 e. The van der Waals surface area contributed by atoms with Gasteiger partial charge in [0, 0.05) is 13.1 Å². The van der Waals surface area contributed by atoms with Gasteiger partial charge in [-0.15, -0.1) is 0 Å². The van der Waals surface area contributed by atoms with Gasteiger partial charge in [-0.1, -0.05) is 12.1 Å². The number of hydrogen-bond acceptors (Lipinski definition) is 4. The summed E-state index contributed by atoms with van der Waals surface area (Å²) in [5.74, 6) is 1.72. The van der Waals surface area contributed by atoms with Crippen LogP contribution in [0.25, 0.3) is 0 Å². The fraction of sp³-hybridized carbons (Fsp3) is 0.400. The number of rotatable bonds is 5. The van der Waals surface area contributed by atoms with E-state index >= 15 is 0 Å². The van der Waals surface area contributed by atoms with Crippen molar-refractivity contribution < 1.29 is 17.9 Å². The zero-order valence-corrected chi connectivity index (χ0v) is 16.5. The second-order valence-electron chi connectivity index (χ2n) is 6.64. The van der Waals surface area contributed by atoms with Crippen LogP contribution in [0.4, 0.5) is 0 Å². The molecule has 0 amide bonds. The van der Waals surface area contributed by atoms with Crippen LogP contribution in [0, 0.1) is 13.8 Å². The van der Waals surface area contributed by atoms with Crippen LogP contribution in [0.2, 0.25) is 0 Å². The van der Waals surface area contributed by atoms with Crippen LogP contribution >= 0.6 is 0 Å². The van der Waals surface area contributed by atoms with Crippen molar-refractivity contribution in [1.82, 2.24) is 4.31 Å². The van der Waals surface area contributed by atoms with Crippen molar-refractivity contribution in [2.24, 2.45) is 0 Å². The Bertz CT molecular complexity index is 891. The summed E-state index contributed by atoms with van der Waals surface area (Å²) >= 11 is 0. The Morgan fingerprint density at radius 3 is 2.27 bits per heavy atom. The average Bonchev–Trinajstić information content (AvgIpc) is 3.15. The number of ether oxygens (including phenoxy) is 2. The molecular weight excluding hydrogens is 350 g/mol. The Kier molecular flexibility index (Phi) is 5.25. The van der Waals surface area contributed by atoms with Crippen molar-refractivity contribution in [3.05, 3.63) is 53.1 Å². The molecule has 1 fully saturated rings. The lowest BCUT2D eigenvalue weighted by Gasteiger charge is -2.20. The Morgan fingerprint density at radius 2 is 1.65 bits per heavy atom. The highest BCUT2D eigenvalue weighted by molar-refractivity contribution is 7.89. The van der Waals surface area contributed by atoms with Gasteiger partial charge in [0.05, 0.1) is 19.1 Å². The predicted molar refractivity (Wildman–Crippen MR) is 102 cm³/mol. The van der Waals surface area contributed by atoms with Crippen molar-refractivity contribution in [2.45, 2.75) is 31.1 Å². The molecule has 2 aromatic rings. The molecule has 0 N–H and O–H groups in total. The molecule has 1 unspecified atom stereocenters. The number of hydrogen-bond donors (Lipinski definition) is 0. The summed E-state index contributed by atoms with van der Waals surface area (Å²) in [5, 5.41) is 0. The highest BCUT2D eigenvalue weighted by Gasteiger charge is 2.34. The van der Waals surface area contributed by atoms with Gasteiger partial charge in [0.15, 0.2) is 0 Å². The van der Waals surface area contributed by atoms with Crippen molar-refractivity contribution >= 4 is 10.0 Å². The van der Waals surface area contributed by atoms with E-state index < -0.39 is 10.0 Å². The lowest BCUT2D eigenvalue weighted by Crippen LogP contribution is -2.29. The summed E-state index contributed by atoms with van der Waals surface area (Å²) in [6.45, 7) is 4.75. The van der Waals surface area contributed by atoms with Crippen molar-refractivity contribution in [3.8, 4) is 11.5 Å². The lowest BCUT2D eigenvalue weighted by atomic mass is 9.99. The fourth-order valence-electron chi connectivity index (χ4n) is 3.51. The molecule has 1 heterocycles. The van der Waals surface area contributed by atoms with Gasteiger partial charge in [-0.25, -0.2) is 8.42 Å². The summed E-state index contributed by atoms with van der Waals surface area (Å²) in [7, 11) is -0.287. The Hall–Kier alpha value is -2.05. The van der Waals surface area contributed by atoms with Crippen LogP contribution in [-0.4, -0.2) is 40.0 Å². The number of benzene rings is 2. The maximum absolute atomic E-state index is 13.1. The first-order chi connectivity index (χ1) is 12.4. The molecule has 6 heteroatoms. The van der Waals surface area contributed by atoms with E-state index in [2.05, 4.69) is 0 Å². The van der Waals surface area contributed by atoms with Gasteiger partial charge >= 0.3 is 0 Å². The normalized spacial score (nSPS) is 18.1. The van der Waals surface area contributed by atoms with Gasteiger partial charge in [-0.05, 0) is 67.1 Å². The predicted octanol–water partition coefficient (Wildman–Crippen LogP) is 3.50. The minimum absolute atomic E-state index is 0.204. The number of sulfonamides is 1. The van der Waals surface area contributed by atoms with Crippen LogP contribution < -0.4 is 9.47 Å². The fourth-order valence-corrected chi connectivity index (χ4v) is 5.29. The summed E-state index contributed by atoms with van der Waals surface area (Å²) in [5.41, 5.74) is 2.75. The lowest BCUT2D eigenvalue weighted by molar-refractivity contribution is 0.410. The second-order valence-corrected chi connectivity index (χ2v) is 8.54. The van der Waals surface area contributed by atoms with E-state index in [1.807, 2.05) is 38.1 Å². The monoisotopic (exact) mass is 375 g/mol. The minimum Gasteiger partial charge on any atom is -0.497 e. The molecular formula is C20H25NO4S. The first kappa shape index (κ1) is 18.7. The molecule has 0 bridgehead atoms. The molecule has 0 spiro atoms. The van der Waals surface area contributed by atoms with E-state index in [1.165, 1.54) is 0 Å². The van der Waals surface area contributed by atoms with E-state index in [0.29, 0.717) is 23.7 Å². The van der Waals surface area contributed by atoms with E-state index in [4.69, 9.17) is 9.47 Å². The number of nitrogens with zero attached hydrogens (tertiary/aromatic N) is 1. The Morgan fingerprint density at radius 1 is 0.962 bits per heavy atom. The third-order valence-corrected chi connectivity index (χ3v) is 7.27. The summed E-state index contributed by atoms with van der Waals surface area (Å²) in [4.78, 5) is 0.367. The topological polar surface area (TPSA) is 55.8 Å². The average molecular weight is 375 g/mol. The highest BCUT2D eigenvalue weighted by atomic mass is 32.2. The zero-order valence-electron chi connectivity index (χ0n) is 15.7. The summed E-state index contributed by atoms with van der Waals surface area (Å²) < 4.78 is 38.4. The standard InChI is InChI=1S/C20H25NO4S/c1-14-15(2)20(10-9-19(14)25-4)26(22,23)21-12-11-17(13-21)16-5-7-18(24-3)8-6-16/h5-10,17H,11-13H2,1-4H3. The third-order valence-electron chi connectivity index (χ3n) is 5.26. The van der Waals surface area contributed by atoms with Crippen molar-refractivity contribution in [2.75, 3.05) is 27.3 Å². The van der Waals surface area contributed by atoms with Gasteiger partial charge in [-0.2, -0.15) is 4.31 Å². The maximum atomic E-state index is 13.1. The smallest absolute Gasteiger partial charge is 0.243 e. The molecule has 0 radical (unpaired) electrons. The number of methoxy groups -OCH3 is 2. The highest BCUT2D eigenvalue weighted by Crippen LogP contribution is 2.34. The largest absolute Gasteiger partial charge is 0.497 e. The molecule has 0 aliphatic carbocycles. The van der Waals surface area contributed by atoms with Crippen LogP contribution in [-0.2, 0) is 10.0 Å². The van der Waals surface area contributed by atoms with E-state index in [-0.39, 0.29) is 5.92 Å². The molecule has 1 atom stereocenters. The van der Waals surface area contributed by atoms with E-state index in [9.17, 15) is 8.42 Å². The molecule has 0 saturated carbocycles. The molecule has 5 nitrogen and oxygen atoms in total. The molecule has 140 valence electrons. The molecule has 0 aromatic heterocycles. The quantitative estimate of drug-likeness (QED) is 0.803. The zero-order chi connectivity index (χ0) is 18.9. The van der Waals surface area contributed by atoms with Crippen LogP contribution in [0.5, 0.6) is 11.5 Å². The molecule has 1 aliphatic rings. The molecule has 26 heavy (non-hydrogen) atoms. The van der Waals surface area contributed by atoms with Crippen LogP contribution in [0.3, 0.4) is 0 Å². The van der Waals surface area contributed by atoms with Gasteiger partial charge in [0.1, 0.15) is 11.5 Å². The van der Waals surface area contributed by atoms with Crippen LogP contribution in [0.1, 0.15) is 29.0 Å².